The third-order valence-corrected chi connectivity index (χ3v) is 3.35. The largest absolute Gasteiger partial charge is 0.308 e. The summed E-state index contributed by atoms with van der Waals surface area (Å²) < 4.78 is 0. The molecule has 1 atom stereocenters. The van der Waals surface area contributed by atoms with E-state index in [1.165, 1.54) is 10.4 Å². The summed E-state index contributed by atoms with van der Waals surface area (Å²) in [5.41, 5.74) is 2.29. The van der Waals surface area contributed by atoms with E-state index in [2.05, 4.69) is 33.7 Å². The zero-order valence-electron chi connectivity index (χ0n) is 9.69. The van der Waals surface area contributed by atoms with Gasteiger partial charge in [-0.3, -0.25) is 0 Å². The standard InChI is InChI=1S/C12H15N3S/c1-8-6-10(7-16-8)12(13-3)11-4-5-14-9(2)15-11/h4-7,12-13H,1-3H3. The van der Waals surface area contributed by atoms with Gasteiger partial charge in [0.1, 0.15) is 5.82 Å². The molecule has 3 nitrogen and oxygen atoms in total. The Kier molecular flexibility index (Phi) is 3.31. The first-order valence-electron chi connectivity index (χ1n) is 5.22. The summed E-state index contributed by atoms with van der Waals surface area (Å²) in [4.78, 5) is 9.90. The SMILES string of the molecule is CNC(c1csc(C)c1)c1ccnc(C)n1. The molecular formula is C12H15N3S. The van der Waals surface area contributed by atoms with Gasteiger partial charge < -0.3 is 5.32 Å². The van der Waals surface area contributed by atoms with Crippen molar-refractivity contribution in [3.05, 3.63) is 45.7 Å². The highest BCUT2D eigenvalue weighted by Crippen LogP contribution is 2.24. The second-order valence-corrected chi connectivity index (χ2v) is 4.86. The van der Waals surface area contributed by atoms with Gasteiger partial charge in [0.2, 0.25) is 0 Å². The summed E-state index contributed by atoms with van der Waals surface area (Å²) >= 11 is 1.76. The second kappa shape index (κ2) is 4.72. The van der Waals surface area contributed by atoms with Crippen LogP contribution in [0.4, 0.5) is 0 Å². The van der Waals surface area contributed by atoms with Crippen LogP contribution < -0.4 is 5.32 Å². The molecule has 4 heteroatoms. The first kappa shape index (κ1) is 11.2. The normalized spacial score (nSPS) is 12.7. The molecule has 0 bridgehead atoms. The predicted molar refractivity (Wildman–Crippen MR) is 66.7 cm³/mol. The fraction of sp³-hybridized carbons (Fsp3) is 0.333. The van der Waals surface area contributed by atoms with Crippen LogP contribution in [0.2, 0.25) is 0 Å². The molecule has 84 valence electrons. The monoisotopic (exact) mass is 233 g/mol. The van der Waals surface area contributed by atoms with E-state index in [9.17, 15) is 0 Å². The van der Waals surface area contributed by atoms with E-state index < -0.39 is 0 Å². The summed E-state index contributed by atoms with van der Waals surface area (Å²) in [7, 11) is 1.95. The van der Waals surface area contributed by atoms with Crippen LogP contribution in [0.15, 0.2) is 23.7 Å². The summed E-state index contributed by atoms with van der Waals surface area (Å²) in [5, 5.41) is 5.47. The molecule has 0 aliphatic heterocycles. The summed E-state index contributed by atoms with van der Waals surface area (Å²) in [6.07, 6.45) is 1.81. The number of nitrogens with one attached hydrogen (secondary N) is 1. The fourth-order valence-electron chi connectivity index (χ4n) is 1.74. The van der Waals surface area contributed by atoms with E-state index in [0.29, 0.717) is 0 Å². The van der Waals surface area contributed by atoms with Crippen molar-refractivity contribution in [2.75, 3.05) is 7.05 Å². The highest BCUT2D eigenvalue weighted by Gasteiger charge is 2.14. The smallest absolute Gasteiger partial charge is 0.125 e. The minimum Gasteiger partial charge on any atom is -0.308 e. The van der Waals surface area contributed by atoms with E-state index in [-0.39, 0.29) is 6.04 Å². The van der Waals surface area contributed by atoms with Crippen LogP contribution >= 0.6 is 11.3 Å². The summed E-state index contributed by atoms with van der Waals surface area (Å²) in [6, 6.07) is 4.32. The van der Waals surface area contributed by atoms with Crippen LogP contribution in [0.1, 0.15) is 28.0 Å². The first-order valence-corrected chi connectivity index (χ1v) is 6.10. The quantitative estimate of drug-likeness (QED) is 0.885. The first-order chi connectivity index (χ1) is 7.70. The van der Waals surface area contributed by atoms with Gasteiger partial charge in [0.05, 0.1) is 11.7 Å². The minimum absolute atomic E-state index is 0.159. The molecule has 0 amide bonds. The topological polar surface area (TPSA) is 37.8 Å². The lowest BCUT2D eigenvalue weighted by molar-refractivity contribution is 0.666. The average Bonchev–Trinajstić information content (AvgIpc) is 2.66. The van der Waals surface area contributed by atoms with Crippen molar-refractivity contribution in [3.63, 3.8) is 0 Å². The lowest BCUT2D eigenvalue weighted by Gasteiger charge is -2.14. The molecule has 1 N–H and O–H groups in total. The maximum Gasteiger partial charge on any atom is 0.125 e. The Bertz CT molecular complexity index is 479. The fourth-order valence-corrected chi connectivity index (χ4v) is 2.47. The molecule has 0 aromatic carbocycles. The highest BCUT2D eigenvalue weighted by molar-refractivity contribution is 7.10. The zero-order chi connectivity index (χ0) is 11.5. The Morgan fingerprint density at radius 1 is 1.38 bits per heavy atom. The molecule has 0 aliphatic rings. The molecule has 0 fully saturated rings. The number of nitrogens with zero attached hydrogens (tertiary/aromatic N) is 2. The number of aromatic nitrogens is 2. The van der Waals surface area contributed by atoms with Crippen LogP contribution in [-0.4, -0.2) is 17.0 Å². The summed E-state index contributed by atoms with van der Waals surface area (Å²) in [5.74, 6) is 0.810. The van der Waals surface area contributed by atoms with Gasteiger partial charge in [-0.05, 0) is 44.0 Å². The molecule has 0 aliphatic carbocycles. The highest BCUT2D eigenvalue weighted by atomic mass is 32.1. The van der Waals surface area contributed by atoms with Crippen LogP contribution in [0, 0.1) is 13.8 Å². The third kappa shape index (κ3) is 2.28. The Balaban J connectivity index is 2.36. The third-order valence-electron chi connectivity index (χ3n) is 2.47. The Hall–Kier alpha value is -1.26. The van der Waals surface area contributed by atoms with Crippen LogP contribution in [0.3, 0.4) is 0 Å². The molecule has 0 saturated carbocycles. The van der Waals surface area contributed by atoms with E-state index in [1.54, 1.807) is 17.5 Å². The Morgan fingerprint density at radius 2 is 2.19 bits per heavy atom. The number of hydrogen-bond donors (Lipinski definition) is 1. The Labute approximate surface area is 99.6 Å². The van der Waals surface area contributed by atoms with Gasteiger partial charge in [0.15, 0.2) is 0 Å². The number of aryl methyl sites for hydroxylation is 2. The van der Waals surface area contributed by atoms with Crippen LogP contribution in [-0.2, 0) is 0 Å². The van der Waals surface area contributed by atoms with Crippen molar-refractivity contribution in [2.24, 2.45) is 0 Å². The van der Waals surface area contributed by atoms with E-state index >= 15 is 0 Å². The van der Waals surface area contributed by atoms with Crippen molar-refractivity contribution in [1.82, 2.24) is 15.3 Å². The molecule has 0 saturated heterocycles. The van der Waals surface area contributed by atoms with Crippen LogP contribution in [0.5, 0.6) is 0 Å². The predicted octanol–water partition coefficient (Wildman–Crippen LogP) is 2.46. The molecule has 0 spiro atoms. The molecule has 2 rings (SSSR count). The number of hydrogen-bond acceptors (Lipinski definition) is 4. The van der Waals surface area contributed by atoms with E-state index in [4.69, 9.17) is 0 Å². The van der Waals surface area contributed by atoms with Gasteiger partial charge in [-0.2, -0.15) is 0 Å². The molecule has 2 heterocycles. The average molecular weight is 233 g/mol. The van der Waals surface area contributed by atoms with Gasteiger partial charge in [-0.15, -0.1) is 11.3 Å². The molecule has 0 radical (unpaired) electrons. The molecule has 1 unspecified atom stereocenters. The summed E-state index contributed by atoms with van der Waals surface area (Å²) in [6.45, 7) is 4.03. The minimum atomic E-state index is 0.159. The van der Waals surface area contributed by atoms with Crippen molar-refractivity contribution < 1.29 is 0 Å². The van der Waals surface area contributed by atoms with Crippen LogP contribution in [0.25, 0.3) is 0 Å². The maximum absolute atomic E-state index is 4.46. The van der Waals surface area contributed by atoms with Gasteiger partial charge in [0, 0.05) is 11.1 Å². The van der Waals surface area contributed by atoms with E-state index in [1.807, 2.05) is 20.0 Å². The van der Waals surface area contributed by atoms with E-state index in [0.717, 1.165) is 11.5 Å². The van der Waals surface area contributed by atoms with Crippen molar-refractivity contribution in [3.8, 4) is 0 Å². The molecule has 16 heavy (non-hydrogen) atoms. The van der Waals surface area contributed by atoms with Gasteiger partial charge >= 0.3 is 0 Å². The maximum atomic E-state index is 4.46. The number of thiophene rings is 1. The Morgan fingerprint density at radius 3 is 2.75 bits per heavy atom. The van der Waals surface area contributed by atoms with Crippen molar-refractivity contribution in [2.45, 2.75) is 19.9 Å². The second-order valence-electron chi connectivity index (χ2n) is 3.74. The van der Waals surface area contributed by atoms with Gasteiger partial charge in [0.25, 0.3) is 0 Å². The lowest BCUT2D eigenvalue weighted by Crippen LogP contribution is -2.18. The van der Waals surface area contributed by atoms with Crippen molar-refractivity contribution in [1.29, 1.82) is 0 Å². The molecule has 2 aromatic rings. The lowest BCUT2D eigenvalue weighted by atomic mass is 10.1. The molecule has 2 aromatic heterocycles. The van der Waals surface area contributed by atoms with Crippen molar-refractivity contribution >= 4 is 11.3 Å². The zero-order valence-corrected chi connectivity index (χ0v) is 10.5. The number of rotatable bonds is 3. The van der Waals surface area contributed by atoms with Gasteiger partial charge in [-0.1, -0.05) is 0 Å². The van der Waals surface area contributed by atoms with Gasteiger partial charge in [-0.25, -0.2) is 9.97 Å². The molecular weight excluding hydrogens is 218 g/mol.